The second kappa shape index (κ2) is 6.60. The van der Waals surface area contributed by atoms with Gasteiger partial charge in [-0.3, -0.25) is 4.79 Å². The van der Waals surface area contributed by atoms with Gasteiger partial charge in [0.15, 0.2) is 0 Å². The molecule has 2 saturated heterocycles. The van der Waals surface area contributed by atoms with Crippen molar-refractivity contribution in [2.45, 2.75) is 61.9 Å². The molecule has 102 valence electrons. The zero-order chi connectivity index (χ0) is 13.0. The van der Waals surface area contributed by atoms with Crippen molar-refractivity contribution in [3.8, 4) is 0 Å². The number of unbranched alkanes of at least 4 members (excludes halogenated alkanes) is 3. The predicted molar refractivity (Wildman–Crippen MR) is 72.8 cm³/mol. The van der Waals surface area contributed by atoms with Gasteiger partial charge in [-0.1, -0.05) is 19.3 Å². The van der Waals surface area contributed by atoms with Crippen LogP contribution in [0, 0.1) is 11.8 Å². The number of carbonyl (C=O) groups is 2. The zero-order valence-corrected chi connectivity index (χ0v) is 11.5. The summed E-state index contributed by atoms with van der Waals surface area (Å²) in [6.45, 7) is 0. The van der Waals surface area contributed by atoms with E-state index in [0.29, 0.717) is 23.5 Å². The van der Waals surface area contributed by atoms with Gasteiger partial charge in [0.2, 0.25) is 0 Å². The fourth-order valence-corrected chi connectivity index (χ4v) is 5.35. The Labute approximate surface area is 113 Å². The molecule has 2 heterocycles. The van der Waals surface area contributed by atoms with Crippen molar-refractivity contribution in [2.24, 2.45) is 11.8 Å². The Bertz CT molecular complexity index is 305. The molecule has 2 aliphatic heterocycles. The average molecular weight is 270 g/mol. The third kappa shape index (κ3) is 3.28. The van der Waals surface area contributed by atoms with Crippen molar-refractivity contribution in [2.75, 3.05) is 0 Å². The number of carbonyl (C=O) groups excluding carboxylic acids is 1. The molecule has 4 atom stereocenters. The van der Waals surface area contributed by atoms with E-state index in [1.165, 1.54) is 19.1 Å². The van der Waals surface area contributed by atoms with E-state index in [2.05, 4.69) is 0 Å². The van der Waals surface area contributed by atoms with E-state index >= 15 is 0 Å². The fourth-order valence-electron chi connectivity index (χ4n) is 3.39. The van der Waals surface area contributed by atoms with Crippen LogP contribution in [-0.4, -0.2) is 27.9 Å². The van der Waals surface area contributed by atoms with Gasteiger partial charge in [0, 0.05) is 22.8 Å². The molecule has 4 heteroatoms. The molecule has 2 fully saturated rings. The van der Waals surface area contributed by atoms with Crippen molar-refractivity contribution in [1.82, 2.24) is 0 Å². The Morgan fingerprint density at radius 2 is 1.89 bits per heavy atom. The first-order chi connectivity index (χ1) is 8.72. The van der Waals surface area contributed by atoms with Crippen molar-refractivity contribution in [1.29, 1.82) is 0 Å². The minimum Gasteiger partial charge on any atom is -0.481 e. The number of aliphatic carboxylic acids is 1. The molecule has 0 saturated carbocycles. The average Bonchev–Trinajstić information content (AvgIpc) is 2.93. The fraction of sp³-hybridized carbons (Fsp3) is 0.857. The lowest BCUT2D eigenvalue weighted by molar-refractivity contribution is -0.137. The molecule has 0 aliphatic carbocycles. The quantitative estimate of drug-likeness (QED) is 0.544. The van der Waals surface area contributed by atoms with Crippen LogP contribution in [0.25, 0.3) is 0 Å². The standard InChI is InChI=1S/C14H22O3S/c15-9-11-10(12-7-8-13(11)18-12)5-3-1-2-4-6-14(16)17/h9-13H,1-8H2,(H,16,17)/t10-,11+,12-,13+/m1/s1. The molecule has 18 heavy (non-hydrogen) atoms. The van der Waals surface area contributed by atoms with Crippen LogP contribution in [0.1, 0.15) is 51.4 Å². The van der Waals surface area contributed by atoms with E-state index in [1.54, 1.807) is 0 Å². The smallest absolute Gasteiger partial charge is 0.303 e. The third-order valence-corrected chi connectivity index (χ3v) is 6.16. The molecule has 2 rings (SSSR count). The van der Waals surface area contributed by atoms with Crippen molar-refractivity contribution >= 4 is 24.0 Å². The van der Waals surface area contributed by atoms with Crippen LogP contribution in [0.15, 0.2) is 0 Å². The number of aldehydes is 1. The summed E-state index contributed by atoms with van der Waals surface area (Å²) in [5.41, 5.74) is 0. The number of carboxylic acid groups (broad SMARTS) is 1. The lowest BCUT2D eigenvalue weighted by Gasteiger charge is -2.25. The van der Waals surface area contributed by atoms with Crippen molar-refractivity contribution in [3.63, 3.8) is 0 Å². The Kier molecular flexibility index (Phi) is 5.10. The molecule has 0 amide bonds. The van der Waals surface area contributed by atoms with Crippen LogP contribution in [0.3, 0.4) is 0 Å². The van der Waals surface area contributed by atoms with Gasteiger partial charge in [0.25, 0.3) is 0 Å². The molecule has 0 radical (unpaired) electrons. The molecule has 0 spiro atoms. The van der Waals surface area contributed by atoms with Crippen LogP contribution < -0.4 is 0 Å². The molecule has 0 unspecified atom stereocenters. The molecule has 0 aromatic heterocycles. The van der Waals surface area contributed by atoms with Gasteiger partial charge in [0.05, 0.1) is 0 Å². The van der Waals surface area contributed by atoms with Gasteiger partial charge < -0.3 is 9.90 Å². The first-order valence-corrected chi connectivity index (χ1v) is 7.99. The van der Waals surface area contributed by atoms with Crippen molar-refractivity contribution in [3.05, 3.63) is 0 Å². The van der Waals surface area contributed by atoms with E-state index in [1.807, 2.05) is 11.8 Å². The molecule has 2 bridgehead atoms. The van der Waals surface area contributed by atoms with Crippen LogP contribution in [-0.2, 0) is 9.59 Å². The summed E-state index contributed by atoms with van der Waals surface area (Å²) < 4.78 is 0. The van der Waals surface area contributed by atoms with Crippen LogP contribution in [0.2, 0.25) is 0 Å². The normalized spacial score (nSPS) is 33.8. The summed E-state index contributed by atoms with van der Waals surface area (Å²) in [7, 11) is 0. The van der Waals surface area contributed by atoms with Gasteiger partial charge in [0.1, 0.15) is 6.29 Å². The van der Waals surface area contributed by atoms with Gasteiger partial charge in [-0.15, -0.1) is 0 Å². The summed E-state index contributed by atoms with van der Waals surface area (Å²) in [6.07, 6.45) is 9.22. The molecule has 3 nitrogen and oxygen atoms in total. The first kappa shape index (κ1) is 13.9. The number of carboxylic acids is 1. The van der Waals surface area contributed by atoms with E-state index in [4.69, 9.17) is 5.11 Å². The number of rotatable bonds is 8. The highest BCUT2D eigenvalue weighted by Crippen LogP contribution is 2.53. The number of thioether (sulfide) groups is 1. The molecule has 0 aromatic rings. The second-order valence-electron chi connectivity index (χ2n) is 5.51. The summed E-state index contributed by atoms with van der Waals surface area (Å²) in [5.74, 6) is 0.207. The van der Waals surface area contributed by atoms with E-state index in [-0.39, 0.29) is 0 Å². The van der Waals surface area contributed by atoms with E-state index in [0.717, 1.165) is 37.4 Å². The lowest BCUT2D eigenvalue weighted by atomic mass is 9.77. The maximum atomic E-state index is 11.1. The summed E-state index contributed by atoms with van der Waals surface area (Å²) >= 11 is 2.04. The molecule has 1 N–H and O–H groups in total. The zero-order valence-electron chi connectivity index (χ0n) is 10.7. The number of hydrogen-bond acceptors (Lipinski definition) is 3. The number of hydrogen-bond donors (Lipinski definition) is 1. The maximum absolute atomic E-state index is 11.1. The summed E-state index contributed by atoms with van der Waals surface area (Å²) in [5, 5.41) is 9.87. The minimum absolute atomic E-state index is 0.293. The molecular formula is C14H22O3S. The second-order valence-corrected chi connectivity index (χ2v) is 7.00. The Hall–Kier alpha value is -0.510. The van der Waals surface area contributed by atoms with Crippen LogP contribution >= 0.6 is 11.8 Å². The first-order valence-electron chi connectivity index (χ1n) is 7.05. The minimum atomic E-state index is -0.694. The van der Waals surface area contributed by atoms with Gasteiger partial charge in [-0.25, -0.2) is 0 Å². The Morgan fingerprint density at radius 3 is 2.61 bits per heavy atom. The van der Waals surface area contributed by atoms with Crippen LogP contribution in [0.4, 0.5) is 0 Å². The van der Waals surface area contributed by atoms with E-state index < -0.39 is 5.97 Å². The summed E-state index contributed by atoms with van der Waals surface area (Å²) in [4.78, 5) is 21.5. The van der Waals surface area contributed by atoms with Gasteiger partial charge in [-0.05, 0) is 31.6 Å². The highest BCUT2D eigenvalue weighted by molar-refractivity contribution is 8.01. The lowest BCUT2D eigenvalue weighted by Crippen LogP contribution is -2.28. The van der Waals surface area contributed by atoms with Crippen molar-refractivity contribution < 1.29 is 14.7 Å². The predicted octanol–water partition coefficient (Wildman–Crippen LogP) is 3.12. The largest absolute Gasteiger partial charge is 0.481 e. The van der Waals surface area contributed by atoms with E-state index in [9.17, 15) is 9.59 Å². The highest BCUT2D eigenvalue weighted by atomic mass is 32.2. The Morgan fingerprint density at radius 1 is 1.17 bits per heavy atom. The number of fused-ring (bicyclic) bond motifs is 2. The highest BCUT2D eigenvalue weighted by Gasteiger charge is 2.47. The SMILES string of the molecule is O=C[C@H]1[C@@H](CCCCCCC(=O)O)[C@H]2CC[C@@H]1S2. The maximum Gasteiger partial charge on any atom is 0.303 e. The summed E-state index contributed by atoms with van der Waals surface area (Å²) in [6, 6.07) is 0. The monoisotopic (exact) mass is 270 g/mol. The van der Waals surface area contributed by atoms with Crippen LogP contribution in [0.5, 0.6) is 0 Å². The van der Waals surface area contributed by atoms with Gasteiger partial charge in [-0.2, -0.15) is 11.8 Å². The molecule has 0 aromatic carbocycles. The topological polar surface area (TPSA) is 54.4 Å². The van der Waals surface area contributed by atoms with Gasteiger partial charge >= 0.3 is 5.97 Å². The third-order valence-electron chi connectivity index (χ3n) is 4.32. The Balaban J connectivity index is 1.61. The molecule has 2 aliphatic rings. The molecular weight excluding hydrogens is 248 g/mol.